The monoisotopic (exact) mass is 334 g/mol. The van der Waals surface area contributed by atoms with Gasteiger partial charge in [-0.3, -0.25) is 9.59 Å². The Kier molecular flexibility index (Phi) is 3.13. The van der Waals surface area contributed by atoms with Gasteiger partial charge in [-0.05, 0) is 51.0 Å². The molecule has 0 unspecified atom stereocenters. The molecule has 1 N–H and O–H groups in total. The third kappa shape index (κ3) is 1.66. The highest BCUT2D eigenvalue weighted by atomic mass is 19.1. The first kappa shape index (κ1) is 16.4. The number of Topliss-reactive ketones (excluding diaryl/α,β-unsaturated/α-hetero) is 1. The van der Waals surface area contributed by atoms with E-state index in [1.54, 1.807) is 13.0 Å². The van der Waals surface area contributed by atoms with E-state index in [0.29, 0.717) is 32.1 Å². The summed E-state index contributed by atoms with van der Waals surface area (Å²) >= 11 is 0. The summed E-state index contributed by atoms with van der Waals surface area (Å²) in [5.41, 5.74) is -3.35. The van der Waals surface area contributed by atoms with Crippen LogP contribution >= 0.6 is 0 Å². The Morgan fingerprint density at radius 2 is 1.79 bits per heavy atom. The minimum atomic E-state index is -1.89. The van der Waals surface area contributed by atoms with Crippen molar-refractivity contribution in [2.24, 2.45) is 22.7 Å². The number of halogens is 1. The van der Waals surface area contributed by atoms with Crippen molar-refractivity contribution in [3.05, 3.63) is 11.6 Å². The first-order valence-electron chi connectivity index (χ1n) is 9.25. The lowest BCUT2D eigenvalue weighted by atomic mass is 9.44. The number of fused-ring (bicyclic) bond motifs is 5. The predicted molar refractivity (Wildman–Crippen MR) is 88.1 cm³/mol. The molecule has 132 valence electrons. The number of alkyl halides is 1. The maximum Gasteiger partial charge on any atom is 0.180 e. The molecular weight excluding hydrogens is 307 g/mol. The summed E-state index contributed by atoms with van der Waals surface area (Å²) in [4.78, 5) is 24.9. The summed E-state index contributed by atoms with van der Waals surface area (Å²) in [6.45, 7) is 5.63. The number of hydrogen-bond acceptors (Lipinski definition) is 3. The van der Waals surface area contributed by atoms with Crippen molar-refractivity contribution in [3.8, 4) is 0 Å². The molecule has 0 heterocycles. The average Bonchev–Trinajstić information content (AvgIpc) is 2.72. The van der Waals surface area contributed by atoms with Crippen molar-refractivity contribution in [2.45, 2.75) is 77.0 Å². The van der Waals surface area contributed by atoms with Gasteiger partial charge < -0.3 is 5.11 Å². The molecule has 0 aliphatic heterocycles. The van der Waals surface area contributed by atoms with E-state index >= 15 is 4.39 Å². The van der Waals surface area contributed by atoms with Crippen LogP contribution in [-0.2, 0) is 9.59 Å². The number of carbonyl (C=O) groups excluding carboxylic acids is 2. The lowest BCUT2D eigenvalue weighted by Gasteiger charge is -2.60. The summed E-state index contributed by atoms with van der Waals surface area (Å²) in [6.07, 6.45) is 5.17. The van der Waals surface area contributed by atoms with E-state index in [1.165, 1.54) is 0 Å². The van der Waals surface area contributed by atoms with Crippen LogP contribution < -0.4 is 0 Å². The lowest BCUT2D eigenvalue weighted by molar-refractivity contribution is -0.184. The molecule has 4 aliphatic rings. The van der Waals surface area contributed by atoms with E-state index in [-0.39, 0.29) is 29.8 Å². The van der Waals surface area contributed by atoms with Gasteiger partial charge in [0.15, 0.2) is 17.2 Å². The van der Waals surface area contributed by atoms with Crippen LogP contribution in [0.4, 0.5) is 4.39 Å². The minimum Gasteiger partial charge on any atom is -0.390 e. The van der Waals surface area contributed by atoms with Gasteiger partial charge >= 0.3 is 0 Å². The summed E-state index contributed by atoms with van der Waals surface area (Å²) in [5, 5.41) is 10.8. The van der Waals surface area contributed by atoms with Crippen LogP contribution in [0.1, 0.15) is 65.7 Å². The van der Waals surface area contributed by atoms with Crippen LogP contribution in [0.5, 0.6) is 0 Å². The van der Waals surface area contributed by atoms with Gasteiger partial charge in [0, 0.05) is 29.6 Å². The van der Waals surface area contributed by atoms with Crippen molar-refractivity contribution in [1.82, 2.24) is 0 Å². The van der Waals surface area contributed by atoms with Crippen molar-refractivity contribution in [3.63, 3.8) is 0 Å². The molecule has 3 nitrogen and oxygen atoms in total. The van der Waals surface area contributed by atoms with Crippen LogP contribution in [0, 0.1) is 22.7 Å². The Bertz CT molecular complexity index is 666. The van der Waals surface area contributed by atoms with Gasteiger partial charge in [0.2, 0.25) is 0 Å². The first-order valence-corrected chi connectivity index (χ1v) is 9.25. The van der Waals surface area contributed by atoms with E-state index in [2.05, 4.69) is 0 Å². The fourth-order valence-corrected chi connectivity index (χ4v) is 6.50. The molecule has 3 saturated carbocycles. The highest BCUT2D eigenvalue weighted by Crippen LogP contribution is 2.68. The zero-order chi connectivity index (χ0) is 17.5. The topological polar surface area (TPSA) is 54.4 Å². The third-order valence-electron chi connectivity index (χ3n) is 8.36. The smallest absolute Gasteiger partial charge is 0.180 e. The molecule has 4 rings (SSSR count). The van der Waals surface area contributed by atoms with Gasteiger partial charge in [-0.1, -0.05) is 19.4 Å². The Morgan fingerprint density at radius 3 is 2.50 bits per heavy atom. The molecule has 0 aromatic heterocycles. The fourth-order valence-electron chi connectivity index (χ4n) is 6.50. The zero-order valence-electron chi connectivity index (χ0n) is 14.8. The third-order valence-corrected chi connectivity index (χ3v) is 8.36. The van der Waals surface area contributed by atoms with Gasteiger partial charge in [0.1, 0.15) is 0 Å². The highest BCUT2D eigenvalue weighted by molar-refractivity contribution is 5.95. The summed E-state index contributed by atoms with van der Waals surface area (Å²) in [7, 11) is 0. The quantitative estimate of drug-likeness (QED) is 0.737. The molecule has 0 amide bonds. The number of allylic oxidation sites excluding steroid dienone is 1. The van der Waals surface area contributed by atoms with E-state index in [4.69, 9.17) is 0 Å². The van der Waals surface area contributed by atoms with Crippen molar-refractivity contribution >= 4 is 11.6 Å². The van der Waals surface area contributed by atoms with E-state index in [9.17, 15) is 14.7 Å². The van der Waals surface area contributed by atoms with Crippen molar-refractivity contribution in [2.75, 3.05) is 0 Å². The Labute approximate surface area is 142 Å². The maximum atomic E-state index is 16.5. The Morgan fingerprint density at radius 1 is 1.08 bits per heavy atom. The molecule has 0 saturated heterocycles. The maximum absolute atomic E-state index is 16.5. The average molecular weight is 334 g/mol. The number of carbonyl (C=O) groups is 2. The van der Waals surface area contributed by atoms with Gasteiger partial charge in [-0.25, -0.2) is 4.39 Å². The molecule has 0 radical (unpaired) electrons. The number of ketones is 2. The Balaban J connectivity index is 1.84. The number of rotatable bonds is 0. The van der Waals surface area contributed by atoms with Crippen molar-refractivity contribution < 1.29 is 19.1 Å². The molecular formula is C20H27FO3. The molecule has 0 aromatic carbocycles. The summed E-state index contributed by atoms with van der Waals surface area (Å²) in [6, 6.07) is 0. The van der Waals surface area contributed by atoms with Crippen molar-refractivity contribution in [1.29, 1.82) is 0 Å². The second kappa shape index (κ2) is 4.57. The summed E-state index contributed by atoms with van der Waals surface area (Å²) in [5.74, 6) is -0.600. The van der Waals surface area contributed by atoms with Crippen LogP contribution in [0.15, 0.2) is 11.6 Å². The lowest BCUT2D eigenvalue weighted by Crippen LogP contribution is -2.66. The van der Waals surface area contributed by atoms with E-state index in [0.717, 1.165) is 12.0 Å². The molecule has 0 bridgehead atoms. The first-order chi connectivity index (χ1) is 11.1. The van der Waals surface area contributed by atoms with Gasteiger partial charge in [-0.15, -0.1) is 0 Å². The second-order valence-corrected chi connectivity index (χ2v) is 9.26. The second-order valence-electron chi connectivity index (χ2n) is 9.26. The van der Waals surface area contributed by atoms with Gasteiger partial charge in [0.25, 0.3) is 0 Å². The molecule has 0 spiro atoms. The highest BCUT2D eigenvalue weighted by Gasteiger charge is 2.72. The Hall–Kier alpha value is -1.03. The molecule has 0 aromatic rings. The number of hydrogen-bond donors (Lipinski definition) is 1. The fraction of sp³-hybridized carbons (Fsp3) is 0.800. The van der Waals surface area contributed by atoms with Gasteiger partial charge in [0.05, 0.1) is 5.60 Å². The van der Waals surface area contributed by atoms with Gasteiger partial charge in [-0.2, -0.15) is 0 Å². The van der Waals surface area contributed by atoms with Crippen LogP contribution in [0.25, 0.3) is 0 Å². The number of aliphatic hydroxyl groups is 1. The molecule has 4 heteroatoms. The van der Waals surface area contributed by atoms with Crippen LogP contribution in [0.3, 0.4) is 0 Å². The SMILES string of the molecule is C[C@]1(O)CC[C@H]2[C@H]3CCC4=CC(=O)CC[C@@]4(C)[C@@]3(F)C(=O)C[C@@]21C. The largest absolute Gasteiger partial charge is 0.390 e. The minimum absolute atomic E-state index is 0.0335. The summed E-state index contributed by atoms with van der Waals surface area (Å²) < 4.78 is 16.5. The predicted octanol–water partition coefficient (Wildman–Crippen LogP) is 3.54. The molecule has 4 aliphatic carbocycles. The van der Waals surface area contributed by atoms with Crippen LogP contribution in [0.2, 0.25) is 0 Å². The standard InChI is InChI=1S/C20H27FO3/c1-17-8-6-13(22)10-12(17)4-5-15-14-7-9-19(3,24)18(14,2)11-16(23)20(15,17)21/h10,14-15,24H,4-9,11H2,1-3H3/t14-,15+,17+,18-,19-,20-/m0/s1. The molecule has 24 heavy (non-hydrogen) atoms. The normalized spacial score (nSPS) is 54.0. The van der Waals surface area contributed by atoms with E-state index in [1.807, 2.05) is 13.8 Å². The molecule has 6 atom stereocenters. The van der Waals surface area contributed by atoms with Crippen LogP contribution in [-0.4, -0.2) is 27.9 Å². The van der Waals surface area contributed by atoms with E-state index < -0.39 is 22.1 Å². The zero-order valence-corrected chi connectivity index (χ0v) is 14.8. The molecule has 3 fully saturated rings.